The van der Waals surface area contributed by atoms with Gasteiger partial charge in [-0.2, -0.15) is 0 Å². The third-order valence-electron chi connectivity index (χ3n) is 12.7. The van der Waals surface area contributed by atoms with Crippen molar-refractivity contribution in [2.45, 2.75) is 38.0 Å². The Morgan fingerprint density at radius 2 is 1.02 bits per heavy atom. The van der Waals surface area contributed by atoms with Gasteiger partial charge in [0.05, 0.1) is 11.4 Å². The van der Waals surface area contributed by atoms with E-state index in [1.807, 2.05) is 11.3 Å². The minimum absolute atomic E-state index is 0.578. The molecule has 0 atom stereocenters. The molecule has 0 radical (unpaired) electrons. The van der Waals surface area contributed by atoms with Crippen LogP contribution < -0.4 is 4.90 Å². The zero-order valence-electron chi connectivity index (χ0n) is 33.6. The van der Waals surface area contributed by atoms with Crippen LogP contribution in [-0.2, 0) is 0 Å². The Kier molecular flexibility index (Phi) is 9.56. The Morgan fingerprint density at radius 1 is 0.383 bits per heavy atom. The smallest absolute Gasteiger partial charge is 0.0540 e. The molecule has 0 aliphatic heterocycles. The first-order valence-corrected chi connectivity index (χ1v) is 22.3. The van der Waals surface area contributed by atoms with Crippen LogP contribution in [0.5, 0.6) is 0 Å². The van der Waals surface area contributed by atoms with Crippen molar-refractivity contribution >= 4 is 59.3 Å². The second kappa shape index (κ2) is 15.8. The van der Waals surface area contributed by atoms with Crippen molar-refractivity contribution < 1.29 is 0 Å². The Balaban J connectivity index is 1.18. The molecule has 0 unspecified atom stereocenters. The maximum absolute atomic E-state index is 2.53. The van der Waals surface area contributed by atoms with Crippen molar-refractivity contribution in [3.8, 4) is 44.5 Å². The SMILES string of the molecule is c1ccc(-c2ccc(N(c3cccc(-c4cccc5sc6ccccc6c45)c3)c3ccccc3-c3cccc4cccc(C5CCCCC5)c34)c(-c3ccccc3)c2)cc1. The Morgan fingerprint density at radius 3 is 1.87 bits per heavy atom. The average molecular weight is 788 g/mol. The quantitative estimate of drug-likeness (QED) is 0.148. The molecule has 1 fully saturated rings. The number of benzene rings is 9. The minimum atomic E-state index is 0.578. The maximum Gasteiger partial charge on any atom is 0.0540 e. The zero-order valence-corrected chi connectivity index (χ0v) is 34.4. The van der Waals surface area contributed by atoms with Gasteiger partial charge in [-0.25, -0.2) is 0 Å². The van der Waals surface area contributed by atoms with Crippen molar-refractivity contribution in [3.63, 3.8) is 0 Å². The standard InChI is InChI=1S/C58H45NS/c1-4-18-40(19-5-1)44-36-37-54(52(39-44)42-22-8-3-9-23-42)59(46-27-14-26-45(38-46)48-31-17-35-56-58(48)51-29-11-13-34-55(51)60-56)53-33-12-10-28-49(53)50-32-16-25-43-24-15-30-47(57(43)50)41-20-6-2-7-21-41/h1,3-5,8-19,22-39,41H,2,6-7,20-21H2. The summed E-state index contributed by atoms with van der Waals surface area (Å²) >= 11 is 1.88. The normalized spacial score (nSPS) is 13.3. The van der Waals surface area contributed by atoms with E-state index in [0.29, 0.717) is 5.92 Å². The van der Waals surface area contributed by atoms with Crippen molar-refractivity contribution in [1.82, 2.24) is 0 Å². The topological polar surface area (TPSA) is 3.24 Å². The summed E-state index contributed by atoms with van der Waals surface area (Å²) in [5, 5.41) is 5.35. The second-order valence-corrected chi connectivity index (χ2v) is 17.3. The number of para-hydroxylation sites is 1. The highest BCUT2D eigenvalue weighted by Crippen LogP contribution is 2.49. The first-order chi connectivity index (χ1) is 29.8. The molecule has 11 rings (SSSR count). The highest BCUT2D eigenvalue weighted by molar-refractivity contribution is 7.25. The molecule has 60 heavy (non-hydrogen) atoms. The Hall–Kier alpha value is -6.74. The lowest BCUT2D eigenvalue weighted by molar-refractivity contribution is 0.445. The molecule has 2 heteroatoms. The molecular weight excluding hydrogens is 743 g/mol. The monoisotopic (exact) mass is 787 g/mol. The van der Waals surface area contributed by atoms with Crippen LogP contribution in [0.3, 0.4) is 0 Å². The van der Waals surface area contributed by atoms with E-state index in [1.54, 1.807) is 0 Å². The molecule has 1 saturated carbocycles. The van der Waals surface area contributed by atoms with E-state index in [4.69, 9.17) is 0 Å². The summed E-state index contributed by atoms with van der Waals surface area (Å²) in [5.74, 6) is 0.578. The number of hydrogen-bond acceptors (Lipinski definition) is 2. The zero-order chi connectivity index (χ0) is 39.8. The number of hydrogen-bond donors (Lipinski definition) is 0. The highest BCUT2D eigenvalue weighted by Gasteiger charge is 2.25. The molecule has 288 valence electrons. The molecule has 0 spiro atoms. The van der Waals surface area contributed by atoms with Crippen LogP contribution >= 0.6 is 11.3 Å². The molecule has 0 N–H and O–H groups in total. The van der Waals surface area contributed by atoms with Crippen LogP contribution in [0.4, 0.5) is 17.1 Å². The molecule has 10 aromatic rings. The minimum Gasteiger partial charge on any atom is -0.309 e. The molecule has 1 heterocycles. The number of anilines is 3. The van der Waals surface area contributed by atoms with E-state index < -0.39 is 0 Å². The third-order valence-corrected chi connectivity index (χ3v) is 13.8. The molecule has 1 aliphatic carbocycles. The highest BCUT2D eigenvalue weighted by atomic mass is 32.1. The van der Waals surface area contributed by atoms with Gasteiger partial charge in [0, 0.05) is 37.0 Å². The summed E-state index contributed by atoms with van der Waals surface area (Å²) < 4.78 is 2.63. The molecular formula is C58H45NS. The van der Waals surface area contributed by atoms with Crippen molar-refractivity contribution in [2.75, 3.05) is 4.90 Å². The lowest BCUT2D eigenvalue weighted by atomic mass is 9.80. The molecule has 0 saturated heterocycles. The fourth-order valence-electron chi connectivity index (χ4n) is 9.87. The van der Waals surface area contributed by atoms with Crippen LogP contribution in [0.2, 0.25) is 0 Å². The maximum atomic E-state index is 2.53. The number of nitrogens with zero attached hydrogens (tertiary/aromatic N) is 1. The number of rotatable bonds is 8. The van der Waals surface area contributed by atoms with Crippen molar-refractivity contribution in [1.29, 1.82) is 0 Å². The van der Waals surface area contributed by atoms with E-state index in [2.05, 4.69) is 211 Å². The van der Waals surface area contributed by atoms with Crippen LogP contribution in [0.15, 0.2) is 206 Å². The van der Waals surface area contributed by atoms with E-state index in [9.17, 15) is 0 Å². The lowest BCUT2D eigenvalue weighted by Crippen LogP contribution is -2.13. The van der Waals surface area contributed by atoms with E-state index in [1.165, 1.54) is 113 Å². The van der Waals surface area contributed by atoms with Gasteiger partial charge in [0.15, 0.2) is 0 Å². The first kappa shape index (κ1) is 36.3. The van der Waals surface area contributed by atoms with Gasteiger partial charge in [-0.05, 0) is 111 Å². The Bertz CT molecular complexity index is 3130. The van der Waals surface area contributed by atoms with Crippen molar-refractivity contribution in [2.24, 2.45) is 0 Å². The third kappa shape index (κ3) is 6.58. The first-order valence-electron chi connectivity index (χ1n) is 21.5. The summed E-state index contributed by atoms with van der Waals surface area (Å²) in [6, 6.07) is 76.6. The van der Waals surface area contributed by atoms with E-state index in [-0.39, 0.29) is 0 Å². The van der Waals surface area contributed by atoms with Gasteiger partial charge in [0.25, 0.3) is 0 Å². The summed E-state index contributed by atoms with van der Waals surface area (Å²) in [6.07, 6.45) is 6.47. The molecule has 1 aliphatic rings. The van der Waals surface area contributed by atoms with Crippen LogP contribution in [-0.4, -0.2) is 0 Å². The fraction of sp³-hybridized carbons (Fsp3) is 0.103. The largest absolute Gasteiger partial charge is 0.309 e. The van der Waals surface area contributed by atoms with Gasteiger partial charge in [-0.1, -0.05) is 183 Å². The fourth-order valence-corrected chi connectivity index (χ4v) is 11.0. The number of fused-ring (bicyclic) bond motifs is 4. The van der Waals surface area contributed by atoms with Crippen LogP contribution in [0, 0.1) is 0 Å². The average Bonchev–Trinajstić information content (AvgIpc) is 3.72. The van der Waals surface area contributed by atoms with Crippen molar-refractivity contribution in [3.05, 3.63) is 212 Å². The lowest BCUT2D eigenvalue weighted by Gasteiger charge is -2.31. The molecule has 1 aromatic heterocycles. The summed E-state index contributed by atoms with van der Waals surface area (Å²) in [5.41, 5.74) is 14.7. The van der Waals surface area contributed by atoms with E-state index in [0.717, 1.165) is 17.1 Å². The summed E-state index contributed by atoms with van der Waals surface area (Å²) in [4.78, 5) is 2.53. The van der Waals surface area contributed by atoms with Crippen LogP contribution in [0.1, 0.15) is 43.6 Å². The van der Waals surface area contributed by atoms with Crippen LogP contribution in [0.25, 0.3) is 75.5 Å². The van der Waals surface area contributed by atoms with Gasteiger partial charge < -0.3 is 4.90 Å². The summed E-state index contributed by atoms with van der Waals surface area (Å²) in [7, 11) is 0. The Labute approximate surface area is 356 Å². The van der Waals surface area contributed by atoms with Gasteiger partial charge >= 0.3 is 0 Å². The van der Waals surface area contributed by atoms with Gasteiger partial charge in [-0.15, -0.1) is 11.3 Å². The molecule has 9 aromatic carbocycles. The number of thiophene rings is 1. The van der Waals surface area contributed by atoms with E-state index >= 15 is 0 Å². The van der Waals surface area contributed by atoms with Gasteiger partial charge in [0.2, 0.25) is 0 Å². The summed E-state index contributed by atoms with van der Waals surface area (Å²) in [6.45, 7) is 0. The molecule has 1 nitrogen and oxygen atoms in total. The molecule has 0 bridgehead atoms. The van der Waals surface area contributed by atoms with Gasteiger partial charge in [0.1, 0.15) is 0 Å². The van der Waals surface area contributed by atoms with Gasteiger partial charge in [-0.3, -0.25) is 0 Å². The predicted molar refractivity (Wildman–Crippen MR) is 259 cm³/mol. The second-order valence-electron chi connectivity index (χ2n) is 16.2. The molecule has 0 amide bonds. The predicted octanol–water partition coefficient (Wildman–Crippen LogP) is 17.4.